The molecule has 6 heteroatoms. The maximum absolute atomic E-state index is 12.7. The van der Waals surface area contributed by atoms with Crippen molar-refractivity contribution >= 4 is 5.91 Å². The predicted octanol–water partition coefficient (Wildman–Crippen LogP) is 2.87. The second kappa shape index (κ2) is 5.37. The Morgan fingerprint density at radius 3 is 2.44 bits per heavy atom. The number of carbonyl (C=O) groups excluding carboxylic acids is 1. The van der Waals surface area contributed by atoms with Crippen molar-refractivity contribution in [3.05, 3.63) is 29.6 Å². The molecule has 1 heterocycles. The molecule has 0 aliphatic heterocycles. The van der Waals surface area contributed by atoms with E-state index in [0.717, 1.165) is 12.3 Å². The van der Waals surface area contributed by atoms with Crippen LogP contribution in [-0.2, 0) is 6.18 Å². The number of nitrogens with one attached hydrogen (secondary N) is 1. The summed E-state index contributed by atoms with van der Waals surface area (Å²) in [7, 11) is 0. The molecular formula is C12H15F3N2O. The fourth-order valence-electron chi connectivity index (χ4n) is 1.27. The maximum Gasteiger partial charge on any atom is 0.434 e. The smallest absolute Gasteiger partial charge is 0.349 e. The lowest BCUT2D eigenvalue weighted by molar-refractivity contribution is -0.141. The molecule has 1 amide bonds. The third-order valence-corrected chi connectivity index (χ3v) is 2.68. The molecule has 100 valence electrons. The quantitative estimate of drug-likeness (QED) is 0.908. The van der Waals surface area contributed by atoms with Crippen LogP contribution in [0.25, 0.3) is 0 Å². The van der Waals surface area contributed by atoms with Gasteiger partial charge in [-0.1, -0.05) is 13.8 Å². The minimum atomic E-state index is -4.63. The van der Waals surface area contributed by atoms with E-state index in [0.29, 0.717) is 0 Å². The number of amides is 1. The molecule has 0 saturated heterocycles. The molecule has 1 aromatic rings. The van der Waals surface area contributed by atoms with Crippen molar-refractivity contribution in [1.29, 1.82) is 0 Å². The monoisotopic (exact) mass is 260 g/mol. The van der Waals surface area contributed by atoms with Gasteiger partial charge in [0.05, 0.1) is 5.56 Å². The number of rotatable bonds is 3. The Hall–Kier alpha value is -1.59. The first-order valence-electron chi connectivity index (χ1n) is 5.56. The van der Waals surface area contributed by atoms with E-state index in [9.17, 15) is 18.0 Å². The summed E-state index contributed by atoms with van der Waals surface area (Å²) < 4.78 is 38.0. The molecule has 0 fully saturated rings. The molecule has 3 nitrogen and oxygen atoms in total. The fourth-order valence-corrected chi connectivity index (χ4v) is 1.27. The Balaban J connectivity index is 3.00. The zero-order chi connectivity index (χ0) is 13.9. The number of carbonyl (C=O) groups is 1. The van der Waals surface area contributed by atoms with Gasteiger partial charge < -0.3 is 5.32 Å². The van der Waals surface area contributed by atoms with E-state index >= 15 is 0 Å². The molecule has 0 bridgehead atoms. The van der Waals surface area contributed by atoms with E-state index in [1.807, 2.05) is 13.8 Å². The second-order valence-electron chi connectivity index (χ2n) is 4.40. The van der Waals surface area contributed by atoms with Crippen LogP contribution >= 0.6 is 0 Å². The van der Waals surface area contributed by atoms with Gasteiger partial charge in [0.2, 0.25) is 0 Å². The zero-order valence-electron chi connectivity index (χ0n) is 10.4. The summed E-state index contributed by atoms with van der Waals surface area (Å²) in [6.45, 7) is 5.49. The van der Waals surface area contributed by atoms with Crippen molar-refractivity contribution in [2.75, 3.05) is 0 Å². The molecule has 1 unspecified atom stereocenters. The highest BCUT2D eigenvalue weighted by atomic mass is 19.4. The second-order valence-corrected chi connectivity index (χ2v) is 4.40. The highest BCUT2D eigenvalue weighted by molar-refractivity contribution is 5.95. The van der Waals surface area contributed by atoms with Gasteiger partial charge in [-0.2, -0.15) is 13.2 Å². The number of aromatic nitrogens is 1. The first-order chi connectivity index (χ1) is 8.23. The summed E-state index contributed by atoms with van der Waals surface area (Å²) in [5, 5.41) is 2.53. The molecule has 1 aromatic heterocycles. The van der Waals surface area contributed by atoms with Crippen LogP contribution < -0.4 is 5.32 Å². The van der Waals surface area contributed by atoms with Gasteiger partial charge >= 0.3 is 6.18 Å². The van der Waals surface area contributed by atoms with Crippen molar-refractivity contribution in [2.24, 2.45) is 5.92 Å². The fraction of sp³-hybridized carbons (Fsp3) is 0.500. The van der Waals surface area contributed by atoms with Gasteiger partial charge in [0.15, 0.2) is 5.69 Å². The van der Waals surface area contributed by atoms with Gasteiger partial charge in [-0.05, 0) is 25.0 Å². The molecule has 1 rings (SSSR count). The van der Waals surface area contributed by atoms with Crippen molar-refractivity contribution in [3.8, 4) is 0 Å². The van der Waals surface area contributed by atoms with E-state index in [-0.39, 0.29) is 12.0 Å². The summed E-state index contributed by atoms with van der Waals surface area (Å²) in [6, 6.07) is 2.22. The largest absolute Gasteiger partial charge is 0.434 e. The number of pyridine rings is 1. The standard InChI is InChI=1S/C12H15F3N2O/c1-7(2)8(3)17-11(18)9-5-4-6-16-10(9)12(13,14)15/h4-8H,1-3H3,(H,17,18). The molecule has 1 N–H and O–H groups in total. The molecule has 1 atom stereocenters. The minimum absolute atomic E-state index is 0.139. The lowest BCUT2D eigenvalue weighted by Gasteiger charge is -2.18. The molecule has 0 spiro atoms. The summed E-state index contributed by atoms with van der Waals surface area (Å²) in [6.07, 6.45) is -3.61. The van der Waals surface area contributed by atoms with Crippen LogP contribution in [0.15, 0.2) is 18.3 Å². The molecule has 18 heavy (non-hydrogen) atoms. The molecular weight excluding hydrogens is 245 g/mol. The van der Waals surface area contributed by atoms with Crippen molar-refractivity contribution < 1.29 is 18.0 Å². The first kappa shape index (κ1) is 14.5. The molecule has 0 saturated carbocycles. The Bertz CT molecular complexity index is 430. The third-order valence-electron chi connectivity index (χ3n) is 2.68. The van der Waals surface area contributed by atoms with E-state index in [2.05, 4.69) is 10.3 Å². The number of alkyl halides is 3. The maximum atomic E-state index is 12.7. The zero-order valence-corrected chi connectivity index (χ0v) is 10.4. The van der Waals surface area contributed by atoms with Crippen LogP contribution in [0, 0.1) is 5.92 Å². The lowest BCUT2D eigenvalue weighted by Crippen LogP contribution is -2.37. The van der Waals surface area contributed by atoms with Crippen molar-refractivity contribution in [3.63, 3.8) is 0 Å². The van der Waals surface area contributed by atoms with E-state index in [1.165, 1.54) is 6.07 Å². The minimum Gasteiger partial charge on any atom is -0.349 e. The van der Waals surface area contributed by atoms with Crippen LogP contribution in [0.1, 0.15) is 36.8 Å². The third kappa shape index (κ3) is 3.45. The Kier molecular flexibility index (Phi) is 4.32. The van der Waals surface area contributed by atoms with Crippen molar-refractivity contribution in [2.45, 2.75) is 33.0 Å². The Morgan fingerprint density at radius 1 is 1.33 bits per heavy atom. The summed E-state index contributed by atoms with van der Waals surface area (Å²) in [5.74, 6) is -0.614. The summed E-state index contributed by atoms with van der Waals surface area (Å²) >= 11 is 0. The van der Waals surface area contributed by atoms with Gasteiger partial charge in [0, 0.05) is 12.2 Å². The summed E-state index contributed by atoms with van der Waals surface area (Å²) in [5.41, 5.74) is -1.60. The summed E-state index contributed by atoms with van der Waals surface area (Å²) in [4.78, 5) is 15.0. The highest BCUT2D eigenvalue weighted by Gasteiger charge is 2.37. The van der Waals surface area contributed by atoms with Gasteiger partial charge in [-0.3, -0.25) is 9.78 Å². The van der Waals surface area contributed by atoms with Crippen LogP contribution in [0.2, 0.25) is 0 Å². The number of hydrogen-bond donors (Lipinski definition) is 1. The van der Waals surface area contributed by atoms with E-state index in [1.54, 1.807) is 6.92 Å². The van der Waals surface area contributed by atoms with Gasteiger partial charge in [-0.15, -0.1) is 0 Å². The van der Waals surface area contributed by atoms with Crippen LogP contribution in [-0.4, -0.2) is 16.9 Å². The van der Waals surface area contributed by atoms with Crippen LogP contribution in [0.3, 0.4) is 0 Å². The van der Waals surface area contributed by atoms with Gasteiger partial charge in [0.1, 0.15) is 0 Å². The lowest BCUT2D eigenvalue weighted by atomic mass is 10.1. The normalized spacial score (nSPS) is 13.5. The highest BCUT2D eigenvalue weighted by Crippen LogP contribution is 2.29. The first-order valence-corrected chi connectivity index (χ1v) is 5.56. The van der Waals surface area contributed by atoms with Crippen molar-refractivity contribution in [1.82, 2.24) is 10.3 Å². The van der Waals surface area contributed by atoms with E-state index < -0.39 is 23.3 Å². The number of halogens is 3. The topological polar surface area (TPSA) is 42.0 Å². The van der Waals surface area contributed by atoms with Gasteiger partial charge in [-0.25, -0.2) is 0 Å². The average molecular weight is 260 g/mol. The van der Waals surface area contributed by atoms with Crippen LogP contribution in [0.4, 0.5) is 13.2 Å². The molecule has 0 radical (unpaired) electrons. The van der Waals surface area contributed by atoms with Crippen LogP contribution in [0.5, 0.6) is 0 Å². The SMILES string of the molecule is CC(C)C(C)NC(=O)c1cccnc1C(F)(F)F. The van der Waals surface area contributed by atoms with Gasteiger partial charge in [0.25, 0.3) is 5.91 Å². The predicted molar refractivity (Wildman–Crippen MR) is 61.0 cm³/mol. The molecule has 0 aromatic carbocycles. The number of hydrogen-bond acceptors (Lipinski definition) is 2. The molecule has 0 aliphatic rings. The number of nitrogens with zero attached hydrogens (tertiary/aromatic N) is 1. The average Bonchev–Trinajstić information content (AvgIpc) is 2.27. The Morgan fingerprint density at radius 2 is 1.94 bits per heavy atom. The van der Waals surface area contributed by atoms with E-state index in [4.69, 9.17) is 0 Å². The molecule has 0 aliphatic carbocycles. The Labute approximate surface area is 103 Å².